The number of alkyl halides is 1. The van der Waals surface area contributed by atoms with Crippen molar-refractivity contribution < 1.29 is 13.6 Å². The number of rotatable bonds is 3. The average Bonchev–Trinajstić information content (AvgIpc) is 2.12. The summed E-state index contributed by atoms with van der Waals surface area (Å²) < 4.78 is 24.5. The largest absolute Gasteiger partial charge is 0.399 e. The van der Waals surface area contributed by atoms with E-state index in [4.69, 9.17) is 5.73 Å². The van der Waals surface area contributed by atoms with Crippen LogP contribution in [0, 0.1) is 5.82 Å². The Balaban J connectivity index is 2.79. The second-order valence-corrected chi connectivity index (χ2v) is 2.72. The number of benzene rings is 1. The monoisotopic (exact) mass is 200 g/mol. The van der Waals surface area contributed by atoms with Crippen molar-refractivity contribution in [3.8, 4) is 0 Å². The van der Waals surface area contributed by atoms with E-state index in [0.29, 0.717) is 0 Å². The molecule has 0 aliphatic carbocycles. The lowest BCUT2D eigenvalue weighted by molar-refractivity contribution is 0.0950. The maximum atomic E-state index is 12.8. The third-order valence-electron chi connectivity index (χ3n) is 1.56. The van der Waals surface area contributed by atoms with Gasteiger partial charge in [0.05, 0.1) is 0 Å². The smallest absolute Gasteiger partial charge is 0.251 e. The Morgan fingerprint density at radius 3 is 2.71 bits per heavy atom. The third-order valence-corrected chi connectivity index (χ3v) is 1.56. The summed E-state index contributed by atoms with van der Waals surface area (Å²) in [7, 11) is 0. The predicted octanol–water partition coefficient (Wildman–Crippen LogP) is 1.11. The standard InChI is InChI=1S/C9H10F2N2O/c10-1-2-13-9(14)6-3-7(11)5-8(12)4-6/h3-5H,1-2,12H2,(H,13,14). The molecule has 0 aliphatic rings. The minimum atomic E-state index is -0.656. The van der Waals surface area contributed by atoms with Crippen LogP contribution in [0.1, 0.15) is 10.4 Å². The number of carbonyl (C=O) groups excluding carboxylic acids is 1. The number of nitrogens with one attached hydrogen (secondary N) is 1. The van der Waals surface area contributed by atoms with Crippen LogP contribution in [0.15, 0.2) is 18.2 Å². The van der Waals surface area contributed by atoms with Crippen molar-refractivity contribution >= 4 is 11.6 Å². The summed E-state index contributed by atoms with van der Waals surface area (Å²) >= 11 is 0. The van der Waals surface area contributed by atoms with Crippen molar-refractivity contribution in [2.75, 3.05) is 19.0 Å². The van der Waals surface area contributed by atoms with Crippen LogP contribution in [0.2, 0.25) is 0 Å². The van der Waals surface area contributed by atoms with Crippen LogP contribution in [0.5, 0.6) is 0 Å². The summed E-state index contributed by atoms with van der Waals surface area (Å²) in [6.07, 6.45) is 0. The first kappa shape index (κ1) is 10.4. The van der Waals surface area contributed by atoms with Gasteiger partial charge in [-0.1, -0.05) is 0 Å². The number of amides is 1. The van der Waals surface area contributed by atoms with E-state index in [1.165, 1.54) is 6.07 Å². The molecule has 0 fully saturated rings. The summed E-state index contributed by atoms with van der Waals surface area (Å²) in [6.45, 7) is -0.744. The lowest BCUT2D eigenvalue weighted by Crippen LogP contribution is -2.25. The molecule has 3 nitrogen and oxygen atoms in total. The normalized spacial score (nSPS) is 9.86. The topological polar surface area (TPSA) is 55.1 Å². The first-order valence-electron chi connectivity index (χ1n) is 4.03. The SMILES string of the molecule is Nc1cc(F)cc(C(=O)NCCF)c1. The first-order valence-corrected chi connectivity index (χ1v) is 4.03. The van der Waals surface area contributed by atoms with Gasteiger partial charge in [0.1, 0.15) is 12.5 Å². The Kier molecular flexibility index (Phi) is 3.39. The highest BCUT2D eigenvalue weighted by atomic mass is 19.1. The van der Waals surface area contributed by atoms with Crippen LogP contribution in [0.25, 0.3) is 0 Å². The molecule has 0 heterocycles. The molecule has 0 saturated carbocycles. The van der Waals surface area contributed by atoms with Gasteiger partial charge >= 0.3 is 0 Å². The molecule has 0 bridgehead atoms. The van der Waals surface area contributed by atoms with E-state index >= 15 is 0 Å². The maximum Gasteiger partial charge on any atom is 0.251 e. The van der Waals surface area contributed by atoms with E-state index in [9.17, 15) is 13.6 Å². The molecule has 0 spiro atoms. The highest BCUT2D eigenvalue weighted by Crippen LogP contribution is 2.10. The molecular weight excluding hydrogens is 190 g/mol. The van der Waals surface area contributed by atoms with Crippen LogP contribution < -0.4 is 11.1 Å². The van der Waals surface area contributed by atoms with E-state index in [-0.39, 0.29) is 17.8 Å². The van der Waals surface area contributed by atoms with E-state index < -0.39 is 18.4 Å². The molecule has 1 amide bonds. The van der Waals surface area contributed by atoms with Crippen molar-refractivity contribution in [3.05, 3.63) is 29.6 Å². The summed E-state index contributed by atoms with van der Waals surface area (Å²) in [5.41, 5.74) is 5.59. The Morgan fingerprint density at radius 2 is 2.14 bits per heavy atom. The molecule has 0 radical (unpaired) electrons. The number of anilines is 1. The maximum absolute atomic E-state index is 12.8. The second-order valence-electron chi connectivity index (χ2n) is 2.72. The summed E-state index contributed by atoms with van der Waals surface area (Å²) in [6, 6.07) is 3.48. The van der Waals surface area contributed by atoms with E-state index in [1.54, 1.807) is 0 Å². The molecule has 0 saturated heterocycles. The van der Waals surface area contributed by atoms with Gasteiger partial charge in [0.25, 0.3) is 5.91 Å². The number of halogens is 2. The predicted molar refractivity (Wildman–Crippen MR) is 49.1 cm³/mol. The molecule has 1 aromatic rings. The van der Waals surface area contributed by atoms with Crippen molar-refractivity contribution in [3.63, 3.8) is 0 Å². The molecule has 1 rings (SSSR count). The Labute approximate surface area is 79.9 Å². The number of nitrogens with two attached hydrogens (primary N) is 1. The zero-order valence-corrected chi connectivity index (χ0v) is 7.39. The average molecular weight is 200 g/mol. The van der Waals surface area contributed by atoms with Gasteiger partial charge in [-0.3, -0.25) is 4.79 Å². The van der Waals surface area contributed by atoms with Gasteiger partial charge in [-0.05, 0) is 18.2 Å². The first-order chi connectivity index (χ1) is 6.63. The van der Waals surface area contributed by atoms with Crippen molar-refractivity contribution in [2.45, 2.75) is 0 Å². The molecule has 3 N–H and O–H groups in total. The fourth-order valence-corrected chi connectivity index (χ4v) is 1.01. The molecular formula is C9H10F2N2O. The molecule has 14 heavy (non-hydrogen) atoms. The highest BCUT2D eigenvalue weighted by molar-refractivity contribution is 5.95. The van der Waals surface area contributed by atoms with E-state index in [2.05, 4.69) is 5.32 Å². The number of hydrogen-bond donors (Lipinski definition) is 2. The van der Waals surface area contributed by atoms with Crippen LogP contribution in [0.4, 0.5) is 14.5 Å². The summed E-state index contributed by atoms with van der Waals surface area (Å²) in [5, 5.41) is 2.27. The minimum absolute atomic E-state index is 0.0880. The second kappa shape index (κ2) is 4.55. The quantitative estimate of drug-likeness (QED) is 0.718. The number of nitrogen functional groups attached to an aromatic ring is 1. The van der Waals surface area contributed by atoms with E-state index in [0.717, 1.165) is 12.1 Å². The minimum Gasteiger partial charge on any atom is -0.399 e. The fraction of sp³-hybridized carbons (Fsp3) is 0.222. The fourth-order valence-electron chi connectivity index (χ4n) is 1.01. The molecule has 0 aromatic heterocycles. The molecule has 0 unspecified atom stereocenters. The van der Waals surface area contributed by atoms with Crippen molar-refractivity contribution in [1.82, 2.24) is 5.32 Å². The summed E-state index contributed by atoms with van der Waals surface area (Å²) in [5.74, 6) is -1.12. The van der Waals surface area contributed by atoms with Gasteiger partial charge in [0.2, 0.25) is 0 Å². The van der Waals surface area contributed by atoms with Crippen LogP contribution in [-0.4, -0.2) is 19.1 Å². The molecule has 0 aliphatic heterocycles. The third kappa shape index (κ3) is 2.69. The molecule has 1 aromatic carbocycles. The Bertz CT molecular complexity index is 321. The highest BCUT2D eigenvalue weighted by Gasteiger charge is 2.06. The summed E-state index contributed by atoms with van der Waals surface area (Å²) in [4.78, 5) is 11.2. The molecule has 5 heteroatoms. The van der Waals surface area contributed by atoms with Gasteiger partial charge in [-0.25, -0.2) is 8.78 Å². The zero-order chi connectivity index (χ0) is 10.6. The lowest BCUT2D eigenvalue weighted by Gasteiger charge is -2.03. The number of hydrogen-bond acceptors (Lipinski definition) is 2. The Morgan fingerprint density at radius 1 is 1.43 bits per heavy atom. The van der Waals surface area contributed by atoms with Gasteiger partial charge in [0.15, 0.2) is 0 Å². The lowest BCUT2D eigenvalue weighted by atomic mass is 10.2. The van der Waals surface area contributed by atoms with Gasteiger partial charge < -0.3 is 11.1 Å². The van der Waals surface area contributed by atoms with Gasteiger partial charge in [0, 0.05) is 17.8 Å². The Hall–Kier alpha value is -1.65. The van der Waals surface area contributed by atoms with Crippen molar-refractivity contribution in [2.24, 2.45) is 0 Å². The van der Waals surface area contributed by atoms with Crippen molar-refractivity contribution in [1.29, 1.82) is 0 Å². The van der Waals surface area contributed by atoms with Crippen LogP contribution in [0.3, 0.4) is 0 Å². The van der Waals surface area contributed by atoms with Crippen LogP contribution >= 0.6 is 0 Å². The zero-order valence-electron chi connectivity index (χ0n) is 7.39. The number of carbonyl (C=O) groups is 1. The molecule has 76 valence electrons. The van der Waals surface area contributed by atoms with Gasteiger partial charge in [-0.2, -0.15) is 0 Å². The van der Waals surface area contributed by atoms with E-state index in [1.807, 2.05) is 0 Å². The molecule has 0 atom stereocenters. The van der Waals surface area contributed by atoms with Gasteiger partial charge in [-0.15, -0.1) is 0 Å². The van der Waals surface area contributed by atoms with Crippen LogP contribution in [-0.2, 0) is 0 Å².